The van der Waals surface area contributed by atoms with Crippen molar-refractivity contribution in [2.45, 2.75) is 19.4 Å². The number of H-pyrrole nitrogens is 1. The molecule has 1 fully saturated rings. The number of amides is 2. The number of para-hydroxylation sites is 2. The molecule has 1 aliphatic rings. The lowest BCUT2D eigenvalue weighted by atomic mass is 10.2. The maximum atomic E-state index is 12.4. The summed E-state index contributed by atoms with van der Waals surface area (Å²) in [6, 6.07) is 14.7. The molecule has 0 saturated heterocycles. The SMILES string of the molecule is O=C(NCc1nc2ccccc2[nH]1)c1cccc(NC(=O)C2CC2)c1. The molecule has 2 aromatic carbocycles. The Morgan fingerprint density at radius 3 is 2.76 bits per heavy atom. The number of nitrogens with zero attached hydrogens (tertiary/aromatic N) is 1. The lowest BCUT2D eigenvalue weighted by Crippen LogP contribution is -2.23. The van der Waals surface area contributed by atoms with Gasteiger partial charge in [0.05, 0.1) is 17.6 Å². The molecule has 1 heterocycles. The third kappa shape index (κ3) is 3.52. The van der Waals surface area contributed by atoms with Gasteiger partial charge < -0.3 is 15.6 Å². The van der Waals surface area contributed by atoms with Crippen molar-refractivity contribution < 1.29 is 9.59 Å². The van der Waals surface area contributed by atoms with E-state index in [-0.39, 0.29) is 17.7 Å². The number of nitrogens with one attached hydrogen (secondary N) is 3. The molecule has 2 amide bonds. The van der Waals surface area contributed by atoms with E-state index in [1.165, 1.54) is 0 Å². The second-order valence-electron chi connectivity index (χ2n) is 6.23. The molecule has 0 spiro atoms. The monoisotopic (exact) mass is 334 g/mol. The van der Waals surface area contributed by atoms with E-state index >= 15 is 0 Å². The summed E-state index contributed by atoms with van der Waals surface area (Å²) in [6.45, 7) is 0.312. The molecule has 4 rings (SSSR count). The number of fused-ring (bicyclic) bond motifs is 1. The average Bonchev–Trinajstić information content (AvgIpc) is 3.39. The first-order valence-electron chi connectivity index (χ1n) is 8.32. The van der Waals surface area contributed by atoms with Gasteiger partial charge in [-0.15, -0.1) is 0 Å². The first-order valence-corrected chi connectivity index (χ1v) is 8.32. The molecular formula is C19H18N4O2. The summed E-state index contributed by atoms with van der Waals surface area (Å²) in [4.78, 5) is 31.8. The zero-order chi connectivity index (χ0) is 17.2. The van der Waals surface area contributed by atoms with Gasteiger partial charge in [0.15, 0.2) is 0 Å². The number of anilines is 1. The van der Waals surface area contributed by atoms with Crippen molar-refractivity contribution in [2.75, 3.05) is 5.32 Å². The second-order valence-corrected chi connectivity index (χ2v) is 6.23. The Balaban J connectivity index is 1.41. The summed E-state index contributed by atoms with van der Waals surface area (Å²) < 4.78 is 0. The van der Waals surface area contributed by atoms with Crippen LogP contribution in [0, 0.1) is 5.92 Å². The van der Waals surface area contributed by atoms with Crippen LogP contribution in [0.4, 0.5) is 5.69 Å². The molecule has 0 radical (unpaired) electrons. The largest absolute Gasteiger partial charge is 0.345 e. The quantitative estimate of drug-likeness (QED) is 0.670. The lowest BCUT2D eigenvalue weighted by Gasteiger charge is -2.07. The van der Waals surface area contributed by atoms with E-state index in [1.54, 1.807) is 24.3 Å². The maximum absolute atomic E-state index is 12.4. The second kappa shape index (κ2) is 6.39. The number of hydrogen-bond donors (Lipinski definition) is 3. The maximum Gasteiger partial charge on any atom is 0.251 e. The molecule has 3 aromatic rings. The van der Waals surface area contributed by atoms with E-state index in [9.17, 15) is 9.59 Å². The highest BCUT2D eigenvalue weighted by Crippen LogP contribution is 2.30. The predicted molar refractivity (Wildman–Crippen MR) is 95.1 cm³/mol. The Morgan fingerprint density at radius 1 is 1.12 bits per heavy atom. The molecule has 0 unspecified atom stereocenters. The van der Waals surface area contributed by atoms with Crippen molar-refractivity contribution in [3.8, 4) is 0 Å². The Morgan fingerprint density at radius 2 is 1.96 bits per heavy atom. The number of imidazole rings is 1. The Kier molecular flexibility index (Phi) is 3.93. The summed E-state index contributed by atoms with van der Waals surface area (Å²) in [5.74, 6) is 0.654. The van der Waals surface area contributed by atoms with Crippen molar-refractivity contribution in [3.05, 3.63) is 59.9 Å². The molecular weight excluding hydrogens is 316 g/mol. The standard InChI is InChI=1S/C19H18N4O2/c24-18(20-11-17-22-15-6-1-2-7-16(15)23-17)13-4-3-5-14(10-13)21-19(25)12-8-9-12/h1-7,10,12H,8-9,11H2,(H,20,24)(H,21,25)(H,22,23). The molecule has 6 heteroatoms. The number of rotatable bonds is 5. The van der Waals surface area contributed by atoms with Crippen LogP contribution in [0.1, 0.15) is 29.0 Å². The van der Waals surface area contributed by atoms with E-state index in [0.717, 1.165) is 23.9 Å². The minimum absolute atomic E-state index is 0.0276. The van der Waals surface area contributed by atoms with Gasteiger partial charge in [-0.2, -0.15) is 0 Å². The van der Waals surface area contributed by atoms with E-state index in [2.05, 4.69) is 20.6 Å². The van der Waals surface area contributed by atoms with Crippen molar-refractivity contribution in [1.29, 1.82) is 0 Å². The highest BCUT2D eigenvalue weighted by molar-refractivity contribution is 5.98. The van der Waals surface area contributed by atoms with Gasteiger partial charge in [0.1, 0.15) is 5.82 Å². The van der Waals surface area contributed by atoms with E-state index in [4.69, 9.17) is 0 Å². The number of benzene rings is 2. The van der Waals surface area contributed by atoms with Crippen molar-refractivity contribution in [1.82, 2.24) is 15.3 Å². The summed E-state index contributed by atoms with van der Waals surface area (Å²) in [5.41, 5.74) is 2.96. The molecule has 1 aliphatic carbocycles. The molecule has 1 aromatic heterocycles. The van der Waals surface area contributed by atoms with Gasteiger partial charge >= 0.3 is 0 Å². The third-order valence-electron chi connectivity index (χ3n) is 4.20. The minimum Gasteiger partial charge on any atom is -0.345 e. The molecule has 25 heavy (non-hydrogen) atoms. The third-order valence-corrected chi connectivity index (χ3v) is 4.20. The molecule has 126 valence electrons. The zero-order valence-electron chi connectivity index (χ0n) is 13.6. The smallest absolute Gasteiger partial charge is 0.251 e. The highest BCUT2D eigenvalue weighted by Gasteiger charge is 2.29. The van der Waals surface area contributed by atoms with E-state index < -0.39 is 0 Å². The summed E-state index contributed by atoms with van der Waals surface area (Å²) >= 11 is 0. The highest BCUT2D eigenvalue weighted by atomic mass is 16.2. The molecule has 0 bridgehead atoms. The fourth-order valence-electron chi connectivity index (χ4n) is 2.68. The van der Waals surface area contributed by atoms with Gasteiger partial charge in [-0.1, -0.05) is 18.2 Å². The Bertz CT molecular complexity index is 910. The first kappa shape index (κ1) is 15.4. The Hall–Kier alpha value is -3.15. The number of aromatic nitrogens is 2. The number of carbonyl (C=O) groups excluding carboxylic acids is 2. The van der Waals surface area contributed by atoms with Crippen LogP contribution in [0.3, 0.4) is 0 Å². The average molecular weight is 334 g/mol. The number of aromatic amines is 1. The summed E-state index contributed by atoms with van der Waals surface area (Å²) in [6.07, 6.45) is 1.90. The van der Waals surface area contributed by atoms with Gasteiger partial charge in [0, 0.05) is 17.2 Å². The van der Waals surface area contributed by atoms with Gasteiger partial charge in [-0.25, -0.2) is 4.98 Å². The van der Waals surface area contributed by atoms with E-state index in [0.29, 0.717) is 23.6 Å². The molecule has 6 nitrogen and oxygen atoms in total. The molecule has 3 N–H and O–H groups in total. The predicted octanol–water partition coefficient (Wildman–Crippen LogP) is 2.84. The number of hydrogen-bond acceptors (Lipinski definition) is 3. The zero-order valence-corrected chi connectivity index (χ0v) is 13.6. The summed E-state index contributed by atoms with van der Waals surface area (Å²) in [7, 11) is 0. The van der Waals surface area contributed by atoms with E-state index in [1.807, 2.05) is 24.3 Å². The van der Waals surface area contributed by atoms with Crippen LogP contribution in [-0.4, -0.2) is 21.8 Å². The van der Waals surface area contributed by atoms with Crippen LogP contribution in [0.2, 0.25) is 0 Å². The first-order chi connectivity index (χ1) is 12.2. The topological polar surface area (TPSA) is 86.9 Å². The van der Waals surface area contributed by atoms with Crippen molar-refractivity contribution in [3.63, 3.8) is 0 Å². The van der Waals surface area contributed by atoms with Crippen molar-refractivity contribution in [2.24, 2.45) is 5.92 Å². The fourth-order valence-corrected chi connectivity index (χ4v) is 2.68. The minimum atomic E-state index is -0.206. The summed E-state index contributed by atoms with van der Waals surface area (Å²) in [5, 5.41) is 5.70. The van der Waals surface area contributed by atoms with Crippen LogP contribution in [-0.2, 0) is 11.3 Å². The van der Waals surface area contributed by atoms with Gasteiger partial charge in [-0.3, -0.25) is 9.59 Å². The van der Waals surface area contributed by atoms with Crippen LogP contribution in [0.25, 0.3) is 11.0 Å². The fraction of sp³-hybridized carbons (Fsp3) is 0.211. The van der Waals surface area contributed by atoms with Crippen LogP contribution >= 0.6 is 0 Å². The van der Waals surface area contributed by atoms with Gasteiger partial charge in [0.2, 0.25) is 5.91 Å². The van der Waals surface area contributed by atoms with Crippen LogP contribution < -0.4 is 10.6 Å². The normalized spacial score (nSPS) is 13.6. The molecule has 1 saturated carbocycles. The van der Waals surface area contributed by atoms with Gasteiger partial charge in [0.25, 0.3) is 5.91 Å². The molecule has 0 atom stereocenters. The van der Waals surface area contributed by atoms with Gasteiger partial charge in [-0.05, 0) is 43.2 Å². The Labute approximate surface area is 144 Å². The number of carbonyl (C=O) groups is 2. The van der Waals surface area contributed by atoms with Crippen molar-refractivity contribution >= 4 is 28.5 Å². The van der Waals surface area contributed by atoms with Crippen LogP contribution in [0.15, 0.2) is 48.5 Å². The van der Waals surface area contributed by atoms with Crippen LogP contribution in [0.5, 0.6) is 0 Å². The lowest BCUT2D eigenvalue weighted by molar-refractivity contribution is -0.117. The molecule has 0 aliphatic heterocycles.